The van der Waals surface area contributed by atoms with Crippen LogP contribution in [-0.4, -0.2) is 24.1 Å². The molecule has 14 heavy (non-hydrogen) atoms. The number of hydrogen-bond donors (Lipinski definition) is 2. The smallest absolute Gasteiger partial charge is 0.0752 e. The highest BCUT2D eigenvalue weighted by Gasteiger charge is 2.48. The molecule has 4 heterocycles. The van der Waals surface area contributed by atoms with Crippen molar-refractivity contribution in [2.45, 2.75) is 18.0 Å². The number of hydrogen-bond acceptors (Lipinski definition) is 3. The van der Waals surface area contributed by atoms with Gasteiger partial charge in [0.2, 0.25) is 0 Å². The molecule has 2 bridgehead atoms. The molecule has 0 spiro atoms. The molecule has 1 aromatic heterocycles. The predicted molar refractivity (Wildman–Crippen MR) is 58.0 cm³/mol. The van der Waals surface area contributed by atoms with E-state index in [0.717, 1.165) is 23.3 Å². The number of rotatable bonds is 1. The fourth-order valence-electron chi connectivity index (χ4n) is 2.42. The van der Waals surface area contributed by atoms with Gasteiger partial charge in [-0.3, -0.25) is 4.98 Å². The van der Waals surface area contributed by atoms with E-state index < -0.39 is 0 Å². The van der Waals surface area contributed by atoms with Crippen LogP contribution in [0.5, 0.6) is 0 Å². The van der Waals surface area contributed by atoms with E-state index in [0.29, 0.717) is 6.04 Å². The monoisotopic (exact) mass is 253 g/mol. The Hall–Kier alpha value is -0.450. The van der Waals surface area contributed by atoms with Crippen molar-refractivity contribution in [1.29, 1.82) is 0 Å². The standard InChI is InChI=1S/C10H12BrN3/c11-7-1-2-9(13-4-7)10-3-8(14-10)5-12-6-10/h1-2,4,8,12,14H,3,5-6H2. The lowest BCUT2D eigenvalue weighted by Gasteiger charge is -2.53. The van der Waals surface area contributed by atoms with Gasteiger partial charge in [0.05, 0.1) is 11.2 Å². The topological polar surface area (TPSA) is 37.0 Å². The van der Waals surface area contributed by atoms with E-state index >= 15 is 0 Å². The second-order valence-electron chi connectivity index (χ2n) is 4.12. The summed E-state index contributed by atoms with van der Waals surface area (Å²) in [4.78, 5) is 4.46. The molecule has 2 unspecified atom stereocenters. The Morgan fingerprint density at radius 3 is 2.93 bits per heavy atom. The van der Waals surface area contributed by atoms with Crippen LogP contribution in [0, 0.1) is 0 Å². The molecule has 0 amide bonds. The lowest BCUT2D eigenvalue weighted by Crippen LogP contribution is -2.72. The molecule has 3 saturated heterocycles. The number of nitrogens with one attached hydrogen (secondary N) is 2. The lowest BCUT2D eigenvalue weighted by molar-refractivity contribution is 0.0831. The SMILES string of the molecule is Brc1ccc(C23CNCC(C2)N3)nc1. The molecule has 3 aliphatic heterocycles. The highest BCUT2D eigenvalue weighted by Crippen LogP contribution is 2.36. The van der Waals surface area contributed by atoms with Gasteiger partial charge in [0.25, 0.3) is 0 Å². The Labute approximate surface area is 91.4 Å². The van der Waals surface area contributed by atoms with Gasteiger partial charge in [-0.15, -0.1) is 0 Å². The molecular weight excluding hydrogens is 242 g/mol. The normalized spacial score (nSPS) is 35.1. The summed E-state index contributed by atoms with van der Waals surface area (Å²) < 4.78 is 1.04. The predicted octanol–water partition coefficient (Wildman–Crippen LogP) is 1.00. The van der Waals surface area contributed by atoms with Gasteiger partial charge in [-0.25, -0.2) is 0 Å². The Morgan fingerprint density at radius 1 is 1.50 bits per heavy atom. The zero-order valence-corrected chi connectivity index (χ0v) is 9.34. The number of fused-ring (bicyclic) bond motifs is 2. The number of pyridine rings is 1. The lowest BCUT2D eigenvalue weighted by atomic mass is 9.75. The van der Waals surface area contributed by atoms with Crippen LogP contribution >= 0.6 is 15.9 Å². The zero-order valence-electron chi connectivity index (χ0n) is 7.76. The summed E-state index contributed by atoms with van der Waals surface area (Å²) in [5.74, 6) is 0. The van der Waals surface area contributed by atoms with Gasteiger partial charge in [0.1, 0.15) is 0 Å². The van der Waals surface area contributed by atoms with E-state index in [4.69, 9.17) is 0 Å². The zero-order chi connectivity index (χ0) is 9.60. The molecule has 1 aromatic rings. The molecule has 74 valence electrons. The van der Waals surface area contributed by atoms with Crippen LogP contribution in [-0.2, 0) is 5.54 Å². The number of halogens is 1. The summed E-state index contributed by atoms with van der Waals surface area (Å²) in [6.07, 6.45) is 3.09. The molecule has 2 N–H and O–H groups in total. The molecule has 0 aliphatic carbocycles. The molecule has 0 aromatic carbocycles. The van der Waals surface area contributed by atoms with Crippen LogP contribution < -0.4 is 10.6 Å². The van der Waals surface area contributed by atoms with Gasteiger partial charge in [-0.1, -0.05) is 0 Å². The third kappa shape index (κ3) is 1.21. The molecule has 2 atom stereocenters. The molecule has 4 rings (SSSR count). The van der Waals surface area contributed by atoms with E-state index in [-0.39, 0.29) is 5.54 Å². The summed E-state index contributed by atoms with van der Waals surface area (Å²) in [6.45, 7) is 2.09. The van der Waals surface area contributed by atoms with Crippen LogP contribution in [0.3, 0.4) is 0 Å². The third-order valence-electron chi connectivity index (χ3n) is 3.11. The summed E-state index contributed by atoms with van der Waals surface area (Å²) in [7, 11) is 0. The van der Waals surface area contributed by atoms with Crippen LogP contribution in [0.1, 0.15) is 12.1 Å². The van der Waals surface area contributed by atoms with Crippen molar-refractivity contribution in [3.05, 3.63) is 28.5 Å². The number of piperazine rings is 1. The van der Waals surface area contributed by atoms with Crippen molar-refractivity contribution in [1.82, 2.24) is 15.6 Å². The molecule has 3 fully saturated rings. The van der Waals surface area contributed by atoms with Crippen LogP contribution in [0.4, 0.5) is 0 Å². The Kier molecular flexibility index (Phi) is 1.90. The van der Waals surface area contributed by atoms with E-state index in [1.54, 1.807) is 0 Å². The van der Waals surface area contributed by atoms with Gasteiger partial charge in [0, 0.05) is 29.8 Å². The third-order valence-corrected chi connectivity index (χ3v) is 3.58. The van der Waals surface area contributed by atoms with Crippen molar-refractivity contribution in [3.63, 3.8) is 0 Å². The van der Waals surface area contributed by atoms with Gasteiger partial charge >= 0.3 is 0 Å². The van der Waals surface area contributed by atoms with Gasteiger partial charge in [0.15, 0.2) is 0 Å². The molecule has 4 heteroatoms. The maximum atomic E-state index is 4.46. The first-order valence-corrected chi connectivity index (χ1v) is 5.68. The van der Waals surface area contributed by atoms with Crippen LogP contribution in [0.15, 0.2) is 22.8 Å². The van der Waals surface area contributed by atoms with Gasteiger partial charge < -0.3 is 10.6 Å². The van der Waals surface area contributed by atoms with Crippen molar-refractivity contribution in [2.24, 2.45) is 0 Å². The Balaban J connectivity index is 1.91. The molecule has 3 nitrogen and oxygen atoms in total. The number of nitrogens with zero attached hydrogens (tertiary/aromatic N) is 1. The number of piperidine rings is 1. The average molecular weight is 254 g/mol. The first-order valence-electron chi connectivity index (χ1n) is 4.89. The Morgan fingerprint density at radius 2 is 2.36 bits per heavy atom. The molecule has 0 saturated carbocycles. The molecular formula is C10H12BrN3. The van der Waals surface area contributed by atoms with Gasteiger partial charge in [-0.2, -0.15) is 0 Å². The fourth-order valence-corrected chi connectivity index (χ4v) is 2.66. The van der Waals surface area contributed by atoms with Crippen molar-refractivity contribution >= 4 is 15.9 Å². The first kappa shape index (κ1) is 8.83. The van der Waals surface area contributed by atoms with E-state index in [1.165, 1.54) is 6.42 Å². The summed E-state index contributed by atoms with van der Waals surface area (Å²) >= 11 is 3.40. The number of aromatic nitrogens is 1. The van der Waals surface area contributed by atoms with Crippen molar-refractivity contribution in [3.8, 4) is 0 Å². The second kappa shape index (κ2) is 3.02. The summed E-state index contributed by atoms with van der Waals surface area (Å²) in [5.41, 5.74) is 1.27. The van der Waals surface area contributed by atoms with Crippen molar-refractivity contribution < 1.29 is 0 Å². The van der Waals surface area contributed by atoms with Crippen molar-refractivity contribution in [2.75, 3.05) is 13.1 Å². The largest absolute Gasteiger partial charge is 0.313 e. The summed E-state index contributed by atoms with van der Waals surface area (Å²) in [6, 6.07) is 4.80. The highest BCUT2D eigenvalue weighted by molar-refractivity contribution is 9.10. The maximum Gasteiger partial charge on any atom is 0.0752 e. The average Bonchev–Trinajstić information content (AvgIpc) is 2.18. The highest BCUT2D eigenvalue weighted by atomic mass is 79.9. The van der Waals surface area contributed by atoms with Crippen LogP contribution in [0.2, 0.25) is 0 Å². The van der Waals surface area contributed by atoms with E-state index in [2.05, 4.69) is 43.7 Å². The minimum Gasteiger partial charge on any atom is -0.313 e. The first-order chi connectivity index (χ1) is 6.78. The van der Waals surface area contributed by atoms with Crippen LogP contribution in [0.25, 0.3) is 0 Å². The quantitative estimate of drug-likeness (QED) is 0.785. The van der Waals surface area contributed by atoms with E-state index in [1.807, 2.05) is 6.20 Å². The molecule has 0 radical (unpaired) electrons. The maximum absolute atomic E-state index is 4.46. The summed E-state index contributed by atoms with van der Waals surface area (Å²) in [5, 5.41) is 7.01. The molecule has 3 aliphatic rings. The minimum atomic E-state index is 0.115. The fraction of sp³-hybridized carbons (Fsp3) is 0.500. The Bertz CT molecular complexity index is 337. The van der Waals surface area contributed by atoms with Gasteiger partial charge in [-0.05, 0) is 34.5 Å². The minimum absolute atomic E-state index is 0.115. The van der Waals surface area contributed by atoms with E-state index in [9.17, 15) is 0 Å². The second-order valence-corrected chi connectivity index (χ2v) is 5.04.